The molecule has 2 aliphatic heterocycles. The van der Waals surface area contributed by atoms with Gasteiger partial charge in [0.05, 0.1) is 11.7 Å². The highest BCUT2D eigenvalue weighted by Crippen LogP contribution is 2.27. The first-order chi connectivity index (χ1) is 12.2. The largest absolute Gasteiger partial charge is 0.506 e. The number of carbonyl (C=O) groups is 1. The lowest BCUT2D eigenvalue weighted by Crippen LogP contribution is -2.55. The molecule has 130 valence electrons. The quantitative estimate of drug-likeness (QED) is 0.877. The van der Waals surface area contributed by atoms with Crippen molar-refractivity contribution in [1.82, 2.24) is 10.2 Å². The van der Waals surface area contributed by atoms with Crippen LogP contribution in [0, 0.1) is 0 Å². The van der Waals surface area contributed by atoms with Crippen LogP contribution < -0.4 is 10.2 Å². The second kappa shape index (κ2) is 6.76. The van der Waals surface area contributed by atoms with Gasteiger partial charge in [-0.05, 0) is 29.7 Å². The molecule has 0 saturated carbocycles. The van der Waals surface area contributed by atoms with E-state index >= 15 is 0 Å². The van der Waals surface area contributed by atoms with E-state index in [0.29, 0.717) is 18.8 Å². The van der Waals surface area contributed by atoms with Gasteiger partial charge >= 0.3 is 0 Å². The van der Waals surface area contributed by atoms with Crippen LogP contribution in [0.25, 0.3) is 0 Å². The van der Waals surface area contributed by atoms with Gasteiger partial charge in [-0.1, -0.05) is 36.4 Å². The minimum absolute atomic E-state index is 0.133. The summed E-state index contributed by atoms with van der Waals surface area (Å²) in [6.45, 7) is 3.61. The lowest BCUT2D eigenvalue weighted by molar-refractivity contribution is -0.133. The molecular weight excluding hydrogens is 314 g/mol. The molecule has 4 rings (SSSR count). The Hall–Kier alpha value is -2.53. The molecule has 25 heavy (non-hydrogen) atoms. The Kier molecular flexibility index (Phi) is 4.32. The molecule has 5 nitrogen and oxygen atoms in total. The van der Waals surface area contributed by atoms with Crippen molar-refractivity contribution in [1.29, 1.82) is 0 Å². The predicted molar refractivity (Wildman–Crippen MR) is 97.7 cm³/mol. The van der Waals surface area contributed by atoms with Crippen molar-refractivity contribution in [3.05, 3.63) is 59.7 Å². The highest BCUT2D eigenvalue weighted by molar-refractivity contribution is 5.83. The Balaban J connectivity index is 1.38. The molecule has 2 heterocycles. The molecule has 0 aromatic heterocycles. The molecular formula is C20H23N3O2. The van der Waals surface area contributed by atoms with Crippen LogP contribution in [0.15, 0.2) is 48.5 Å². The summed E-state index contributed by atoms with van der Waals surface area (Å²) in [6.07, 6.45) is 0.759. The monoisotopic (exact) mass is 337 g/mol. The third kappa shape index (κ3) is 3.20. The third-order valence-corrected chi connectivity index (χ3v) is 5.19. The van der Waals surface area contributed by atoms with Gasteiger partial charge < -0.3 is 20.2 Å². The number of nitrogens with one attached hydrogen (secondary N) is 1. The lowest BCUT2D eigenvalue weighted by atomic mass is 9.95. The zero-order valence-corrected chi connectivity index (χ0v) is 14.2. The normalized spacial score (nSPS) is 20.2. The van der Waals surface area contributed by atoms with Crippen LogP contribution >= 0.6 is 0 Å². The molecule has 2 aliphatic rings. The summed E-state index contributed by atoms with van der Waals surface area (Å²) in [7, 11) is 0. The fourth-order valence-corrected chi connectivity index (χ4v) is 3.75. The summed E-state index contributed by atoms with van der Waals surface area (Å²) < 4.78 is 0. The van der Waals surface area contributed by atoms with Gasteiger partial charge in [0.15, 0.2) is 0 Å². The van der Waals surface area contributed by atoms with Crippen molar-refractivity contribution < 1.29 is 9.90 Å². The van der Waals surface area contributed by atoms with E-state index in [9.17, 15) is 9.90 Å². The summed E-state index contributed by atoms with van der Waals surface area (Å²) >= 11 is 0. The SMILES string of the molecule is O=C(C1Cc2ccccc2CN1)N1CCN(c2ccccc2O)CC1. The molecule has 1 saturated heterocycles. The molecule has 2 aromatic rings. The smallest absolute Gasteiger partial charge is 0.240 e. The van der Waals surface area contributed by atoms with Crippen molar-refractivity contribution in [3.63, 3.8) is 0 Å². The zero-order valence-electron chi connectivity index (χ0n) is 14.2. The van der Waals surface area contributed by atoms with Crippen molar-refractivity contribution in [2.75, 3.05) is 31.1 Å². The van der Waals surface area contributed by atoms with E-state index in [1.165, 1.54) is 11.1 Å². The first kappa shape index (κ1) is 16.0. The van der Waals surface area contributed by atoms with Crippen LogP contribution in [0.4, 0.5) is 5.69 Å². The van der Waals surface area contributed by atoms with E-state index in [2.05, 4.69) is 22.3 Å². The molecule has 1 fully saturated rings. The van der Waals surface area contributed by atoms with Gasteiger partial charge in [0, 0.05) is 32.7 Å². The van der Waals surface area contributed by atoms with E-state index in [1.807, 2.05) is 35.2 Å². The number of rotatable bonds is 2. The topological polar surface area (TPSA) is 55.8 Å². The third-order valence-electron chi connectivity index (χ3n) is 5.19. The Bertz CT molecular complexity index is 769. The van der Waals surface area contributed by atoms with Gasteiger partial charge in [-0.25, -0.2) is 0 Å². The number of hydrogen-bond acceptors (Lipinski definition) is 4. The first-order valence-corrected chi connectivity index (χ1v) is 8.84. The Morgan fingerprint density at radius 2 is 1.64 bits per heavy atom. The number of aromatic hydroxyl groups is 1. The summed E-state index contributed by atoms with van der Waals surface area (Å²) in [4.78, 5) is 17.0. The van der Waals surface area contributed by atoms with Gasteiger partial charge in [-0.2, -0.15) is 0 Å². The number of piperazine rings is 1. The Labute approximate surface area is 147 Å². The van der Waals surface area contributed by atoms with Crippen molar-refractivity contribution in [2.45, 2.75) is 19.0 Å². The molecule has 0 bridgehead atoms. The van der Waals surface area contributed by atoms with Gasteiger partial charge in [-0.3, -0.25) is 4.79 Å². The van der Waals surface area contributed by atoms with Crippen LogP contribution in [0.2, 0.25) is 0 Å². The highest BCUT2D eigenvalue weighted by Gasteiger charge is 2.30. The molecule has 1 amide bonds. The summed E-state index contributed by atoms with van der Waals surface area (Å²) in [5.74, 6) is 0.485. The van der Waals surface area contributed by atoms with Gasteiger partial charge in [0.1, 0.15) is 5.75 Å². The standard InChI is InChI=1S/C20H23N3O2/c24-19-8-4-3-7-18(19)22-9-11-23(12-10-22)20(25)17-13-15-5-1-2-6-16(15)14-21-17/h1-8,17,21,24H,9-14H2. The van der Waals surface area contributed by atoms with Crippen molar-refractivity contribution >= 4 is 11.6 Å². The van der Waals surface area contributed by atoms with Crippen molar-refractivity contribution in [2.24, 2.45) is 0 Å². The Morgan fingerprint density at radius 1 is 0.960 bits per heavy atom. The number of phenolic OH excluding ortho intramolecular Hbond substituents is 1. The van der Waals surface area contributed by atoms with Crippen LogP contribution in [0.3, 0.4) is 0 Å². The fourth-order valence-electron chi connectivity index (χ4n) is 3.75. The molecule has 1 atom stereocenters. The van der Waals surface area contributed by atoms with Gasteiger partial charge in [0.2, 0.25) is 5.91 Å². The molecule has 0 aliphatic carbocycles. The number of fused-ring (bicyclic) bond motifs is 1. The Morgan fingerprint density at radius 3 is 2.40 bits per heavy atom. The number of para-hydroxylation sites is 2. The van der Waals surface area contributed by atoms with Crippen LogP contribution in [-0.2, 0) is 17.8 Å². The highest BCUT2D eigenvalue weighted by atomic mass is 16.3. The van der Waals surface area contributed by atoms with Crippen LogP contribution in [0.1, 0.15) is 11.1 Å². The number of nitrogens with zero attached hydrogens (tertiary/aromatic N) is 2. The zero-order chi connectivity index (χ0) is 17.2. The number of anilines is 1. The summed E-state index contributed by atoms with van der Waals surface area (Å²) in [6, 6.07) is 15.6. The van der Waals surface area contributed by atoms with E-state index in [4.69, 9.17) is 0 Å². The second-order valence-electron chi connectivity index (χ2n) is 6.71. The number of hydrogen-bond donors (Lipinski definition) is 2. The number of carbonyl (C=O) groups excluding carboxylic acids is 1. The molecule has 1 unspecified atom stereocenters. The number of benzene rings is 2. The second-order valence-corrected chi connectivity index (χ2v) is 6.71. The van der Waals surface area contributed by atoms with E-state index in [1.54, 1.807) is 6.07 Å². The van der Waals surface area contributed by atoms with E-state index < -0.39 is 0 Å². The fraction of sp³-hybridized carbons (Fsp3) is 0.350. The van der Waals surface area contributed by atoms with Crippen molar-refractivity contribution in [3.8, 4) is 5.75 Å². The van der Waals surface area contributed by atoms with Gasteiger partial charge in [0.25, 0.3) is 0 Å². The maximum absolute atomic E-state index is 12.9. The molecule has 2 aromatic carbocycles. The molecule has 0 spiro atoms. The molecule has 5 heteroatoms. The van der Waals surface area contributed by atoms with E-state index in [0.717, 1.165) is 31.7 Å². The van der Waals surface area contributed by atoms with E-state index in [-0.39, 0.29) is 11.9 Å². The van der Waals surface area contributed by atoms with Crippen LogP contribution in [0.5, 0.6) is 5.75 Å². The number of phenols is 1. The number of amides is 1. The minimum atomic E-state index is -0.133. The average Bonchev–Trinajstić information content (AvgIpc) is 2.67. The molecule has 0 radical (unpaired) electrons. The lowest BCUT2D eigenvalue weighted by Gasteiger charge is -2.38. The maximum Gasteiger partial charge on any atom is 0.240 e. The minimum Gasteiger partial charge on any atom is -0.506 e. The first-order valence-electron chi connectivity index (χ1n) is 8.84. The average molecular weight is 337 g/mol. The molecule has 2 N–H and O–H groups in total. The summed E-state index contributed by atoms with van der Waals surface area (Å²) in [5, 5.41) is 13.4. The van der Waals surface area contributed by atoms with Gasteiger partial charge in [-0.15, -0.1) is 0 Å². The van der Waals surface area contributed by atoms with Crippen LogP contribution in [-0.4, -0.2) is 48.1 Å². The predicted octanol–water partition coefficient (Wildman–Crippen LogP) is 1.76. The summed E-state index contributed by atoms with van der Waals surface area (Å²) in [5.41, 5.74) is 3.41. The maximum atomic E-state index is 12.9.